The Hall–Kier alpha value is -1.45. The number of carbonyl (C=O) groups is 1. The second-order valence-electron chi connectivity index (χ2n) is 8.08. The minimum absolute atomic E-state index is 0.0254. The van der Waals surface area contributed by atoms with Crippen LogP contribution in [0.25, 0.3) is 0 Å². The minimum Gasteiger partial charge on any atom is -0.360 e. The number of carbonyl (C=O) groups excluding carboxylic acids is 1. The number of piperidine rings is 2. The van der Waals surface area contributed by atoms with Gasteiger partial charge < -0.3 is 14.7 Å². The van der Waals surface area contributed by atoms with E-state index in [-0.39, 0.29) is 17.2 Å². The molecule has 1 aliphatic carbocycles. The molecule has 4 rings (SSSR count). The summed E-state index contributed by atoms with van der Waals surface area (Å²) in [5, 5.41) is 6.57. The van der Waals surface area contributed by atoms with Gasteiger partial charge in [-0.1, -0.05) is 5.16 Å². The molecule has 0 bridgehead atoms. The van der Waals surface area contributed by atoms with Gasteiger partial charge in [0.2, 0.25) is 10.0 Å². The molecule has 3 aliphatic rings. The van der Waals surface area contributed by atoms with Gasteiger partial charge in [0, 0.05) is 31.1 Å². The van der Waals surface area contributed by atoms with Crippen molar-refractivity contribution in [3.63, 3.8) is 0 Å². The van der Waals surface area contributed by atoms with Crippen molar-refractivity contribution in [2.24, 2.45) is 0 Å². The van der Waals surface area contributed by atoms with Crippen LogP contribution in [0.3, 0.4) is 0 Å². The Bertz CT molecular complexity index is 773. The maximum Gasteiger partial charge on any atom is 0.273 e. The van der Waals surface area contributed by atoms with Crippen molar-refractivity contribution in [1.29, 1.82) is 0 Å². The Balaban J connectivity index is 1.28. The quantitative estimate of drug-likeness (QED) is 0.803. The molecule has 3 heterocycles. The van der Waals surface area contributed by atoms with Crippen LogP contribution in [-0.4, -0.2) is 73.2 Å². The van der Waals surface area contributed by atoms with Gasteiger partial charge in [-0.05, 0) is 58.7 Å². The minimum atomic E-state index is -3.25. The lowest BCUT2D eigenvalue weighted by molar-refractivity contribution is 0.0914. The third kappa shape index (κ3) is 4.20. The highest BCUT2D eigenvalue weighted by atomic mass is 32.2. The molecular formula is C18H28N4O4S. The van der Waals surface area contributed by atoms with Gasteiger partial charge in [-0.3, -0.25) is 4.79 Å². The van der Waals surface area contributed by atoms with Crippen molar-refractivity contribution in [3.8, 4) is 0 Å². The van der Waals surface area contributed by atoms with Crippen molar-refractivity contribution >= 4 is 15.9 Å². The number of sulfonamides is 1. The van der Waals surface area contributed by atoms with Gasteiger partial charge >= 0.3 is 0 Å². The maximum absolute atomic E-state index is 12.9. The molecule has 1 aromatic heterocycles. The molecule has 0 spiro atoms. The smallest absolute Gasteiger partial charge is 0.273 e. The number of rotatable bonds is 5. The van der Waals surface area contributed by atoms with Crippen LogP contribution in [-0.2, 0) is 10.0 Å². The van der Waals surface area contributed by atoms with E-state index in [0.717, 1.165) is 31.7 Å². The molecule has 27 heavy (non-hydrogen) atoms. The van der Waals surface area contributed by atoms with E-state index >= 15 is 0 Å². The lowest BCUT2D eigenvalue weighted by Gasteiger charge is -2.36. The highest BCUT2D eigenvalue weighted by Crippen LogP contribution is 2.40. The Morgan fingerprint density at radius 1 is 1.11 bits per heavy atom. The van der Waals surface area contributed by atoms with E-state index in [1.807, 2.05) is 7.05 Å². The summed E-state index contributed by atoms with van der Waals surface area (Å²) < 4.78 is 32.6. The van der Waals surface area contributed by atoms with Gasteiger partial charge in [0.1, 0.15) is 5.76 Å². The van der Waals surface area contributed by atoms with Crippen LogP contribution in [0.15, 0.2) is 10.6 Å². The summed E-state index contributed by atoms with van der Waals surface area (Å²) >= 11 is 0. The second-order valence-corrected chi connectivity index (χ2v) is 10.3. The van der Waals surface area contributed by atoms with Crippen LogP contribution in [0.2, 0.25) is 0 Å². The molecule has 150 valence electrons. The fraction of sp³-hybridized carbons (Fsp3) is 0.778. The Labute approximate surface area is 160 Å². The van der Waals surface area contributed by atoms with Crippen LogP contribution >= 0.6 is 0 Å². The number of nitrogens with one attached hydrogen (secondary N) is 1. The summed E-state index contributed by atoms with van der Waals surface area (Å²) in [6.07, 6.45) is 4.85. The number of nitrogens with zero attached hydrogens (tertiary/aromatic N) is 3. The lowest BCUT2D eigenvalue weighted by Crippen LogP contribution is -2.50. The molecule has 3 fully saturated rings. The fourth-order valence-electron chi connectivity index (χ4n) is 3.96. The first kappa shape index (κ1) is 18.9. The highest BCUT2D eigenvalue weighted by molar-refractivity contribution is 7.89. The normalized spacial score (nSPS) is 24.2. The molecule has 0 aromatic carbocycles. The number of likely N-dealkylation sites (tertiary alicyclic amines) is 1. The molecule has 1 amide bonds. The summed E-state index contributed by atoms with van der Waals surface area (Å²) in [4.78, 5) is 14.5. The SMILES string of the molecule is CN1CCC(S(=O)(=O)N2CCC(NC(=O)c3cc(C4CC4)on3)CC2)CC1. The largest absolute Gasteiger partial charge is 0.360 e. The van der Waals surface area contributed by atoms with Gasteiger partial charge in [-0.25, -0.2) is 12.7 Å². The van der Waals surface area contributed by atoms with E-state index in [1.165, 1.54) is 0 Å². The monoisotopic (exact) mass is 396 g/mol. The zero-order valence-electron chi connectivity index (χ0n) is 15.8. The Morgan fingerprint density at radius 2 is 1.78 bits per heavy atom. The molecule has 2 saturated heterocycles. The topological polar surface area (TPSA) is 95.8 Å². The molecular weight excluding hydrogens is 368 g/mol. The lowest BCUT2D eigenvalue weighted by atomic mass is 10.1. The number of hydrogen-bond acceptors (Lipinski definition) is 6. The Kier molecular flexibility index (Phi) is 5.26. The molecule has 1 aromatic rings. The summed E-state index contributed by atoms with van der Waals surface area (Å²) in [5.74, 6) is 0.980. The van der Waals surface area contributed by atoms with Crippen LogP contribution in [0, 0.1) is 0 Å². The zero-order chi connectivity index (χ0) is 19.0. The van der Waals surface area contributed by atoms with E-state index in [2.05, 4.69) is 15.4 Å². The van der Waals surface area contributed by atoms with Crippen molar-refractivity contribution < 1.29 is 17.7 Å². The van der Waals surface area contributed by atoms with Crippen LogP contribution in [0.1, 0.15) is 60.7 Å². The standard InChI is InChI=1S/C18H28N4O4S/c1-21-8-6-15(7-9-21)27(24,25)22-10-4-14(5-11-22)19-18(23)16-12-17(26-20-16)13-2-3-13/h12-15H,2-11H2,1H3,(H,19,23). The molecule has 1 N–H and O–H groups in total. The fourth-order valence-corrected chi connectivity index (χ4v) is 5.91. The van der Waals surface area contributed by atoms with E-state index < -0.39 is 10.0 Å². The van der Waals surface area contributed by atoms with Crippen molar-refractivity contribution in [2.75, 3.05) is 33.2 Å². The van der Waals surface area contributed by atoms with Gasteiger partial charge in [0.05, 0.1) is 5.25 Å². The molecule has 0 unspecified atom stereocenters. The highest BCUT2D eigenvalue weighted by Gasteiger charge is 2.36. The maximum atomic E-state index is 12.9. The number of amides is 1. The summed E-state index contributed by atoms with van der Waals surface area (Å²) in [7, 11) is -1.22. The van der Waals surface area contributed by atoms with E-state index in [4.69, 9.17) is 4.52 Å². The summed E-state index contributed by atoms with van der Waals surface area (Å²) in [5.41, 5.74) is 0.318. The number of hydrogen-bond donors (Lipinski definition) is 1. The van der Waals surface area contributed by atoms with E-state index in [1.54, 1.807) is 10.4 Å². The van der Waals surface area contributed by atoms with Crippen molar-refractivity contribution in [1.82, 2.24) is 19.7 Å². The molecule has 2 aliphatic heterocycles. The molecule has 8 nitrogen and oxygen atoms in total. The molecule has 0 radical (unpaired) electrons. The van der Waals surface area contributed by atoms with Gasteiger partial charge in [0.25, 0.3) is 5.91 Å². The molecule has 9 heteroatoms. The summed E-state index contributed by atoms with van der Waals surface area (Å²) in [6.45, 7) is 2.59. The van der Waals surface area contributed by atoms with E-state index in [9.17, 15) is 13.2 Å². The van der Waals surface area contributed by atoms with Gasteiger partial charge in [-0.2, -0.15) is 0 Å². The first-order valence-corrected chi connectivity index (χ1v) is 11.4. The van der Waals surface area contributed by atoms with Crippen molar-refractivity contribution in [2.45, 2.75) is 55.7 Å². The van der Waals surface area contributed by atoms with Crippen molar-refractivity contribution in [3.05, 3.63) is 17.5 Å². The predicted molar refractivity (Wildman–Crippen MR) is 100.0 cm³/mol. The Morgan fingerprint density at radius 3 is 2.41 bits per heavy atom. The molecule has 0 atom stereocenters. The predicted octanol–water partition coefficient (Wildman–Crippen LogP) is 1.17. The first-order valence-electron chi connectivity index (χ1n) is 9.88. The van der Waals surface area contributed by atoms with Crippen LogP contribution < -0.4 is 5.32 Å². The van der Waals surface area contributed by atoms with Gasteiger partial charge in [0.15, 0.2) is 5.69 Å². The van der Waals surface area contributed by atoms with E-state index in [0.29, 0.717) is 50.4 Å². The average molecular weight is 397 g/mol. The number of aromatic nitrogens is 1. The average Bonchev–Trinajstić information content (AvgIpc) is 3.39. The summed E-state index contributed by atoms with van der Waals surface area (Å²) in [6, 6.07) is 1.70. The van der Waals surface area contributed by atoms with Crippen LogP contribution in [0.5, 0.6) is 0 Å². The zero-order valence-corrected chi connectivity index (χ0v) is 16.6. The van der Waals surface area contributed by atoms with Gasteiger partial charge in [-0.15, -0.1) is 0 Å². The molecule has 1 saturated carbocycles. The third-order valence-electron chi connectivity index (χ3n) is 5.98. The first-order chi connectivity index (χ1) is 12.9. The third-order valence-corrected chi connectivity index (χ3v) is 8.38. The second kappa shape index (κ2) is 7.52. The van der Waals surface area contributed by atoms with Crippen LogP contribution in [0.4, 0.5) is 0 Å².